The van der Waals surface area contributed by atoms with Crippen molar-refractivity contribution in [2.24, 2.45) is 7.05 Å². The van der Waals surface area contributed by atoms with E-state index in [9.17, 15) is 14.4 Å². The number of carbonyl (C=O) groups excluding carboxylic acids is 3. The number of carbonyl (C=O) groups is 3. The Kier molecular flexibility index (Phi) is 4.03. The summed E-state index contributed by atoms with van der Waals surface area (Å²) in [4.78, 5) is 36.6. The first kappa shape index (κ1) is 15.7. The molecule has 3 N–H and O–H groups in total. The first-order valence-corrected chi connectivity index (χ1v) is 7.45. The molecule has 0 radical (unpaired) electrons. The van der Waals surface area contributed by atoms with Gasteiger partial charge in [-0.3, -0.25) is 19.1 Å². The van der Waals surface area contributed by atoms with E-state index in [2.05, 4.69) is 21.0 Å². The Morgan fingerprint density at radius 3 is 2.79 bits per heavy atom. The Balaban J connectivity index is 1.70. The van der Waals surface area contributed by atoms with Gasteiger partial charge >= 0.3 is 0 Å². The van der Waals surface area contributed by atoms with Crippen LogP contribution in [0.1, 0.15) is 22.5 Å². The Labute approximate surface area is 138 Å². The minimum absolute atomic E-state index is 0.179. The monoisotopic (exact) mass is 327 g/mol. The molecule has 24 heavy (non-hydrogen) atoms. The number of nitrogens with zero attached hydrogens (tertiary/aromatic N) is 2. The predicted molar refractivity (Wildman–Crippen MR) is 87.5 cm³/mol. The lowest BCUT2D eigenvalue weighted by molar-refractivity contribution is -0.122. The van der Waals surface area contributed by atoms with Gasteiger partial charge in [-0.2, -0.15) is 5.10 Å². The lowest BCUT2D eigenvalue weighted by Crippen LogP contribution is -2.43. The molecule has 1 aromatic carbocycles. The summed E-state index contributed by atoms with van der Waals surface area (Å²) in [6, 6.07) is 7.47. The summed E-state index contributed by atoms with van der Waals surface area (Å²) >= 11 is 0. The van der Waals surface area contributed by atoms with Gasteiger partial charge in [0.15, 0.2) is 5.82 Å². The zero-order chi connectivity index (χ0) is 17.3. The van der Waals surface area contributed by atoms with Gasteiger partial charge in [0.2, 0.25) is 11.8 Å². The fraction of sp³-hybridized carbons (Fsp3) is 0.250. The van der Waals surface area contributed by atoms with Crippen LogP contribution in [0.5, 0.6) is 0 Å². The number of aryl methyl sites for hydroxylation is 2. The van der Waals surface area contributed by atoms with Crippen molar-refractivity contribution in [2.75, 3.05) is 10.6 Å². The molecule has 0 saturated heterocycles. The van der Waals surface area contributed by atoms with E-state index in [0.717, 1.165) is 5.69 Å². The second-order valence-corrected chi connectivity index (χ2v) is 5.61. The first-order chi connectivity index (χ1) is 11.4. The molecule has 1 aliphatic heterocycles. The van der Waals surface area contributed by atoms with Crippen LogP contribution < -0.4 is 16.0 Å². The van der Waals surface area contributed by atoms with E-state index in [1.807, 2.05) is 6.92 Å². The van der Waals surface area contributed by atoms with Crippen molar-refractivity contribution in [3.05, 3.63) is 41.6 Å². The van der Waals surface area contributed by atoms with Crippen molar-refractivity contribution in [3.8, 4) is 0 Å². The van der Waals surface area contributed by atoms with Crippen molar-refractivity contribution in [1.29, 1.82) is 0 Å². The van der Waals surface area contributed by atoms with Crippen molar-refractivity contribution >= 4 is 29.2 Å². The van der Waals surface area contributed by atoms with Crippen molar-refractivity contribution < 1.29 is 14.4 Å². The molecule has 124 valence electrons. The van der Waals surface area contributed by atoms with Gasteiger partial charge in [0, 0.05) is 18.8 Å². The summed E-state index contributed by atoms with van der Waals surface area (Å²) < 4.78 is 1.63. The topological polar surface area (TPSA) is 105 Å². The van der Waals surface area contributed by atoms with Gasteiger partial charge in [-0.1, -0.05) is 12.1 Å². The van der Waals surface area contributed by atoms with E-state index in [1.165, 1.54) is 0 Å². The molecule has 3 amide bonds. The summed E-state index contributed by atoms with van der Waals surface area (Å²) in [5, 5.41) is 12.0. The van der Waals surface area contributed by atoms with Gasteiger partial charge in [0.1, 0.15) is 6.04 Å². The van der Waals surface area contributed by atoms with Crippen LogP contribution in [-0.4, -0.2) is 33.5 Å². The first-order valence-electron chi connectivity index (χ1n) is 7.45. The van der Waals surface area contributed by atoms with Crippen LogP contribution in [-0.2, 0) is 16.6 Å². The maximum absolute atomic E-state index is 12.2. The highest BCUT2D eigenvalue weighted by molar-refractivity contribution is 6.11. The summed E-state index contributed by atoms with van der Waals surface area (Å²) in [7, 11) is 1.77. The van der Waals surface area contributed by atoms with E-state index < -0.39 is 23.8 Å². The van der Waals surface area contributed by atoms with Crippen LogP contribution in [0.15, 0.2) is 30.3 Å². The van der Waals surface area contributed by atoms with E-state index in [0.29, 0.717) is 17.1 Å². The number of para-hydroxylation sites is 1. The van der Waals surface area contributed by atoms with Crippen molar-refractivity contribution in [2.45, 2.75) is 19.4 Å². The third kappa shape index (κ3) is 3.12. The summed E-state index contributed by atoms with van der Waals surface area (Å²) in [5.41, 5.74) is 1.69. The molecule has 1 aliphatic rings. The normalized spacial score (nSPS) is 16.7. The van der Waals surface area contributed by atoms with Crippen LogP contribution in [0.4, 0.5) is 11.5 Å². The molecular formula is C16H17N5O3. The van der Waals surface area contributed by atoms with Crippen molar-refractivity contribution in [1.82, 2.24) is 15.1 Å². The second kappa shape index (κ2) is 6.15. The predicted octanol–water partition coefficient (Wildman–Crippen LogP) is 0.808. The van der Waals surface area contributed by atoms with E-state index in [1.54, 1.807) is 42.1 Å². The Hall–Kier alpha value is -3.16. The maximum Gasteiger partial charge on any atom is 0.254 e. The molecule has 8 heteroatoms. The number of hydrogen-bond donors (Lipinski definition) is 3. The zero-order valence-electron chi connectivity index (χ0n) is 13.3. The summed E-state index contributed by atoms with van der Waals surface area (Å²) in [5.74, 6) is -0.820. The fourth-order valence-electron chi connectivity index (χ4n) is 2.46. The zero-order valence-corrected chi connectivity index (χ0v) is 13.3. The quantitative estimate of drug-likeness (QED) is 0.775. The van der Waals surface area contributed by atoms with Gasteiger partial charge in [0.25, 0.3) is 5.91 Å². The molecule has 0 saturated carbocycles. The average Bonchev–Trinajstić information content (AvgIpc) is 2.78. The number of aromatic nitrogens is 2. The van der Waals surface area contributed by atoms with E-state index in [4.69, 9.17) is 0 Å². The lowest BCUT2D eigenvalue weighted by atomic mass is 10.1. The van der Waals surface area contributed by atoms with Crippen LogP contribution in [0, 0.1) is 6.92 Å². The average molecular weight is 327 g/mol. The van der Waals surface area contributed by atoms with Gasteiger partial charge in [-0.15, -0.1) is 0 Å². The minimum Gasteiger partial charge on any atom is -0.340 e. The van der Waals surface area contributed by atoms with Crippen LogP contribution >= 0.6 is 0 Å². The highest BCUT2D eigenvalue weighted by Gasteiger charge is 2.29. The minimum atomic E-state index is -0.949. The highest BCUT2D eigenvalue weighted by Crippen LogP contribution is 2.19. The molecule has 2 aromatic rings. The fourth-order valence-corrected chi connectivity index (χ4v) is 2.46. The van der Waals surface area contributed by atoms with Gasteiger partial charge in [-0.25, -0.2) is 0 Å². The molecule has 0 aliphatic carbocycles. The molecule has 1 atom stereocenters. The third-order valence-electron chi connectivity index (χ3n) is 3.82. The Morgan fingerprint density at radius 2 is 2.08 bits per heavy atom. The van der Waals surface area contributed by atoms with Crippen LogP contribution in [0.2, 0.25) is 0 Å². The maximum atomic E-state index is 12.2. The van der Waals surface area contributed by atoms with E-state index >= 15 is 0 Å². The Morgan fingerprint density at radius 1 is 1.33 bits per heavy atom. The number of rotatable bonds is 3. The molecule has 2 heterocycles. The number of anilines is 2. The number of benzene rings is 1. The molecule has 0 fully saturated rings. The van der Waals surface area contributed by atoms with E-state index in [-0.39, 0.29) is 6.42 Å². The van der Waals surface area contributed by atoms with Crippen LogP contribution in [0.3, 0.4) is 0 Å². The molecular weight excluding hydrogens is 310 g/mol. The SMILES string of the molecule is Cc1cc(NC(=O)CC2NC(=O)c3ccccc3NC2=O)nn1C. The van der Waals surface area contributed by atoms with Gasteiger partial charge < -0.3 is 16.0 Å². The smallest absolute Gasteiger partial charge is 0.254 e. The standard InChI is InChI=1S/C16H17N5O3/c1-9-7-13(20-21(9)2)19-14(22)8-12-16(24)17-11-6-4-3-5-10(11)15(23)18-12/h3-7,12H,8H2,1-2H3,(H,17,24)(H,18,23)(H,19,20,22). The summed E-state index contributed by atoms with van der Waals surface area (Å²) in [6.07, 6.45) is -0.179. The molecule has 0 bridgehead atoms. The number of amides is 3. The Bertz CT molecular complexity index is 807. The lowest BCUT2D eigenvalue weighted by Gasteiger charge is -2.13. The molecule has 1 aromatic heterocycles. The highest BCUT2D eigenvalue weighted by atomic mass is 16.2. The number of hydrogen-bond acceptors (Lipinski definition) is 4. The van der Waals surface area contributed by atoms with Crippen molar-refractivity contribution in [3.63, 3.8) is 0 Å². The molecule has 8 nitrogen and oxygen atoms in total. The van der Waals surface area contributed by atoms with Gasteiger partial charge in [-0.05, 0) is 19.1 Å². The molecule has 0 spiro atoms. The molecule has 3 rings (SSSR count). The second-order valence-electron chi connectivity index (χ2n) is 5.61. The van der Waals surface area contributed by atoms with Crippen LogP contribution in [0.25, 0.3) is 0 Å². The summed E-state index contributed by atoms with van der Waals surface area (Å²) in [6.45, 7) is 1.86. The largest absolute Gasteiger partial charge is 0.340 e. The van der Waals surface area contributed by atoms with Gasteiger partial charge in [0.05, 0.1) is 17.7 Å². The molecule has 1 unspecified atom stereocenters. The third-order valence-corrected chi connectivity index (χ3v) is 3.82. The number of fused-ring (bicyclic) bond motifs is 1. The number of nitrogens with one attached hydrogen (secondary N) is 3.